The molecule has 0 unspecified atom stereocenters. The van der Waals surface area contributed by atoms with E-state index in [0.717, 1.165) is 12.8 Å². The Kier molecular flexibility index (Phi) is 7.60. The SMILES string of the molecule is CCCCOC(=O)O[Si](C(C)C)(C(C)C)C(C)C. The highest BCUT2D eigenvalue weighted by atomic mass is 28.4. The molecule has 0 heterocycles. The second-order valence-electron chi connectivity index (χ2n) is 5.87. The average Bonchev–Trinajstić information content (AvgIpc) is 2.24. The zero-order valence-corrected chi connectivity index (χ0v) is 14.1. The van der Waals surface area contributed by atoms with Crippen LogP contribution in [0.15, 0.2) is 0 Å². The largest absolute Gasteiger partial charge is 0.494 e. The topological polar surface area (TPSA) is 35.5 Å². The van der Waals surface area contributed by atoms with Crippen LogP contribution in [0.3, 0.4) is 0 Å². The van der Waals surface area contributed by atoms with Crippen molar-refractivity contribution in [1.82, 2.24) is 0 Å². The number of carbonyl (C=O) groups is 1. The Morgan fingerprint density at radius 3 is 1.78 bits per heavy atom. The summed E-state index contributed by atoms with van der Waals surface area (Å²) in [5, 5.41) is 0. The van der Waals surface area contributed by atoms with E-state index in [2.05, 4.69) is 48.5 Å². The maximum atomic E-state index is 11.8. The van der Waals surface area contributed by atoms with Gasteiger partial charge < -0.3 is 9.16 Å². The van der Waals surface area contributed by atoms with Gasteiger partial charge in [-0.2, -0.15) is 0 Å². The summed E-state index contributed by atoms with van der Waals surface area (Å²) in [6.07, 6.45) is 1.45. The molecule has 0 aliphatic rings. The van der Waals surface area contributed by atoms with E-state index in [9.17, 15) is 4.79 Å². The van der Waals surface area contributed by atoms with Crippen molar-refractivity contribution in [1.29, 1.82) is 0 Å². The van der Waals surface area contributed by atoms with Gasteiger partial charge in [0.2, 0.25) is 0 Å². The molecule has 3 nitrogen and oxygen atoms in total. The van der Waals surface area contributed by atoms with Gasteiger partial charge in [0.25, 0.3) is 8.32 Å². The predicted molar refractivity (Wildman–Crippen MR) is 78.4 cm³/mol. The zero-order chi connectivity index (χ0) is 14.3. The molecule has 0 N–H and O–H groups in total. The summed E-state index contributed by atoms with van der Waals surface area (Å²) in [7, 11) is -2.13. The van der Waals surface area contributed by atoms with E-state index >= 15 is 0 Å². The van der Waals surface area contributed by atoms with Crippen molar-refractivity contribution in [2.75, 3.05) is 6.61 Å². The van der Waals surface area contributed by atoms with Crippen molar-refractivity contribution in [3.8, 4) is 0 Å². The quantitative estimate of drug-likeness (QED) is 0.367. The fraction of sp³-hybridized carbons (Fsp3) is 0.929. The molecule has 0 bridgehead atoms. The second-order valence-corrected chi connectivity index (χ2v) is 11.2. The minimum absolute atomic E-state index is 0.399. The van der Waals surface area contributed by atoms with Crippen molar-refractivity contribution in [2.24, 2.45) is 0 Å². The standard InChI is InChI=1S/C14H30O3Si/c1-8-9-10-16-14(15)17-18(11(2)3,12(4)5)13(6)7/h11-13H,8-10H2,1-7H3. The van der Waals surface area contributed by atoms with Gasteiger partial charge in [-0.25, -0.2) is 4.79 Å². The number of hydrogen-bond donors (Lipinski definition) is 0. The highest BCUT2D eigenvalue weighted by Gasteiger charge is 2.48. The second kappa shape index (κ2) is 7.82. The van der Waals surface area contributed by atoms with E-state index in [1.165, 1.54) is 0 Å². The van der Waals surface area contributed by atoms with Crippen LogP contribution < -0.4 is 0 Å². The summed E-state index contributed by atoms with van der Waals surface area (Å²) in [5.74, 6) is 0. The van der Waals surface area contributed by atoms with E-state index < -0.39 is 14.5 Å². The summed E-state index contributed by atoms with van der Waals surface area (Å²) < 4.78 is 11.0. The van der Waals surface area contributed by atoms with Gasteiger partial charge in [-0.15, -0.1) is 0 Å². The molecule has 0 radical (unpaired) electrons. The van der Waals surface area contributed by atoms with Gasteiger partial charge in [-0.3, -0.25) is 0 Å². The average molecular weight is 274 g/mol. The molecule has 0 atom stereocenters. The Balaban J connectivity index is 4.74. The predicted octanol–water partition coefficient (Wildman–Crippen LogP) is 5.12. The molecular formula is C14H30O3Si. The van der Waals surface area contributed by atoms with E-state index in [4.69, 9.17) is 9.16 Å². The Morgan fingerprint density at radius 2 is 1.44 bits per heavy atom. The molecule has 0 aromatic heterocycles. The van der Waals surface area contributed by atoms with Crippen molar-refractivity contribution in [3.05, 3.63) is 0 Å². The minimum atomic E-state index is -2.13. The molecule has 0 aromatic rings. The van der Waals surface area contributed by atoms with Crippen LogP contribution in [0, 0.1) is 0 Å². The Morgan fingerprint density at radius 1 is 1.00 bits per heavy atom. The van der Waals surface area contributed by atoms with Crippen molar-refractivity contribution < 1.29 is 14.0 Å². The third-order valence-corrected chi connectivity index (χ3v) is 9.62. The molecule has 0 aliphatic carbocycles. The van der Waals surface area contributed by atoms with Crippen LogP contribution in [0.2, 0.25) is 16.6 Å². The summed E-state index contributed by atoms with van der Waals surface area (Å²) in [4.78, 5) is 11.8. The zero-order valence-electron chi connectivity index (χ0n) is 13.1. The molecule has 4 heteroatoms. The van der Waals surface area contributed by atoms with Crippen LogP contribution in [0.5, 0.6) is 0 Å². The number of unbranched alkanes of at least 4 members (excludes halogenated alkanes) is 1. The molecule has 108 valence electrons. The number of ether oxygens (including phenoxy) is 1. The van der Waals surface area contributed by atoms with Gasteiger partial charge in [0.1, 0.15) is 0 Å². The number of hydrogen-bond acceptors (Lipinski definition) is 3. The van der Waals surface area contributed by atoms with Crippen LogP contribution >= 0.6 is 0 Å². The first-order valence-electron chi connectivity index (χ1n) is 7.14. The molecule has 0 aliphatic heterocycles. The lowest BCUT2D eigenvalue weighted by Crippen LogP contribution is -2.49. The maximum absolute atomic E-state index is 11.8. The van der Waals surface area contributed by atoms with Crippen molar-refractivity contribution in [3.63, 3.8) is 0 Å². The van der Waals surface area contributed by atoms with Crippen LogP contribution in [-0.2, 0) is 9.16 Å². The van der Waals surface area contributed by atoms with E-state index in [1.54, 1.807) is 0 Å². The first-order chi connectivity index (χ1) is 8.28. The Labute approximate surface area is 113 Å². The van der Waals surface area contributed by atoms with Gasteiger partial charge in [0.05, 0.1) is 6.61 Å². The molecule has 0 amide bonds. The maximum Gasteiger partial charge on any atom is 0.494 e. The van der Waals surface area contributed by atoms with Gasteiger partial charge in [0, 0.05) is 0 Å². The first kappa shape index (κ1) is 17.5. The normalized spacial score (nSPS) is 12.3. The lowest BCUT2D eigenvalue weighted by atomic mass is 10.4. The van der Waals surface area contributed by atoms with Gasteiger partial charge in [0.15, 0.2) is 0 Å². The van der Waals surface area contributed by atoms with Crippen LogP contribution in [0.4, 0.5) is 4.79 Å². The molecule has 0 fully saturated rings. The Hall–Kier alpha value is -0.513. The summed E-state index contributed by atoms with van der Waals surface area (Å²) in [6, 6.07) is 0. The molecule has 0 spiro atoms. The van der Waals surface area contributed by atoms with Gasteiger partial charge >= 0.3 is 6.16 Å². The molecule has 0 saturated carbocycles. The number of carbonyl (C=O) groups excluding carboxylic acids is 1. The van der Waals surface area contributed by atoms with Crippen molar-refractivity contribution in [2.45, 2.75) is 77.9 Å². The molecular weight excluding hydrogens is 244 g/mol. The Bertz CT molecular complexity index is 228. The smallest absolute Gasteiger partial charge is 0.488 e. The molecule has 18 heavy (non-hydrogen) atoms. The lowest BCUT2D eigenvalue weighted by molar-refractivity contribution is 0.0917. The highest BCUT2D eigenvalue weighted by Crippen LogP contribution is 2.42. The lowest BCUT2D eigenvalue weighted by Gasteiger charge is -2.40. The fourth-order valence-corrected chi connectivity index (χ4v) is 7.88. The highest BCUT2D eigenvalue weighted by molar-refractivity contribution is 6.78. The summed E-state index contributed by atoms with van der Waals surface area (Å²) in [5.41, 5.74) is 1.20. The monoisotopic (exact) mass is 274 g/mol. The van der Waals surface area contributed by atoms with Gasteiger partial charge in [-0.1, -0.05) is 54.9 Å². The van der Waals surface area contributed by atoms with Gasteiger partial charge in [-0.05, 0) is 23.0 Å². The molecule has 0 rings (SSSR count). The summed E-state index contributed by atoms with van der Waals surface area (Å²) in [6.45, 7) is 15.5. The van der Waals surface area contributed by atoms with Crippen molar-refractivity contribution >= 4 is 14.5 Å². The van der Waals surface area contributed by atoms with Crippen LogP contribution in [-0.4, -0.2) is 21.1 Å². The molecule has 0 saturated heterocycles. The summed E-state index contributed by atoms with van der Waals surface area (Å²) >= 11 is 0. The van der Waals surface area contributed by atoms with E-state index in [-0.39, 0.29) is 0 Å². The molecule has 0 aromatic carbocycles. The van der Waals surface area contributed by atoms with E-state index in [1.807, 2.05) is 0 Å². The third-order valence-electron chi connectivity index (χ3n) is 3.69. The number of rotatable bonds is 7. The van der Waals surface area contributed by atoms with Crippen LogP contribution in [0.25, 0.3) is 0 Å². The fourth-order valence-electron chi connectivity index (χ4n) is 2.83. The first-order valence-corrected chi connectivity index (χ1v) is 9.28. The third kappa shape index (κ3) is 4.30. The minimum Gasteiger partial charge on any atom is -0.488 e. The van der Waals surface area contributed by atoms with E-state index in [0.29, 0.717) is 23.2 Å². The van der Waals surface area contributed by atoms with Crippen LogP contribution in [0.1, 0.15) is 61.3 Å².